The van der Waals surface area contributed by atoms with E-state index in [4.69, 9.17) is 14.4 Å². The fourth-order valence-corrected chi connectivity index (χ4v) is 7.70. The van der Waals surface area contributed by atoms with E-state index in [9.17, 15) is 10.1 Å². The minimum absolute atomic E-state index is 0.00178. The number of non-ortho nitro benzene ring substituents is 1. The van der Waals surface area contributed by atoms with E-state index in [2.05, 4.69) is 49.7 Å². The third-order valence-electron chi connectivity index (χ3n) is 5.95. The predicted molar refractivity (Wildman–Crippen MR) is 151 cm³/mol. The van der Waals surface area contributed by atoms with Crippen LogP contribution in [0.4, 0.5) is 11.4 Å². The normalized spacial score (nSPS) is 13.4. The number of fused-ring (bicyclic) bond motifs is 1. The molecule has 9 heteroatoms. The monoisotopic (exact) mass is 568 g/mol. The van der Waals surface area contributed by atoms with Crippen LogP contribution in [0.2, 0.25) is 0 Å². The molecule has 188 valence electrons. The van der Waals surface area contributed by atoms with Gasteiger partial charge in [0.2, 0.25) is 0 Å². The van der Waals surface area contributed by atoms with Gasteiger partial charge in [0.25, 0.3) is 5.69 Å². The van der Waals surface area contributed by atoms with Crippen LogP contribution in [0.15, 0.2) is 75.9 Å². The van der Waals surface area contributed by atoms with Crippen molar-refractivity contribution in [2.24, 2.45) is 4.74 Å². The molecule has 0 unspecified atom stereocenters. The van der Waals surface area contributed by atoms with E-state index in [1.165, 1.54) is 6.07 Å². The molecular weight excluding hydrogens is 539 g/mol. The van der Waals surface area contributed by atoms with E-state index in [0.29, 0.717) is 18.0 Å². The van der Waals surface area contributed by atoms with Crippen molar-refractivity contribution in [1.82, 2.24) is 9.78 Å². The third-order valence-corrected chi connectivity index (χ3v) is 10.3. The van der Waals surface area contributed by atoms with Gasteiger partial charge in [-0.25, -0.2) is 4.74 Å². The summed E-state index contributed by atoms with van der Waals surface area (Å²) in [4.78, 5) is 11.2. The molecule has 0 aliphatic heterocycles. The lowest BCUT2D eigenvalue weighted by atomic mass is 10.2. The summed E-state index contributed by atoms with van der Waals surface area (Å²) in [5, 5.41) is 17.1. The molecule has 1 atom stereocenters. The zero-order chi connectivity index (χ0) is 26.1. The Morgan fingerprint density at radius 2 is 1.81 bits per heavy atom. The van der Waals surface area contributed by atoms with Crippen LogP contribution < -0.4 is 9.96 Å². The van der Waals surface area contributed by atoms with Gasteiger partial charge in [0.1, 0.15) is 11.2 Å². The summed E-state index contributed by atoms with van der Waals surface area (Å²) in [5.74, 6) is 0.682. The van der Waals surface area contributed by atoms with Crippen LogP contribution in [0.3, 0.4) is 0 Å². The SMILES string of the molecule is CCCn1nc2ccccc2c1[P@@](=Nc1cc([N+](=O)[O-])ccc1C)(Oc1ccc(Br)cc1)C(C)(C)C. The molecule has 0 radical (unpaired) electrons. The first-order valence-corrected chi connectivity index (χ1v) is 14.3. The number of aromatic nitrogens is 2. The van der Waals surface area contributed by atoms with Gasteiger partial charge >= 0.3 is 0 Å². The van der Waals surface area contributed by atoms with Crippen LogP contribution in [0.5, 0.6) is 5.75 Å². The molecule has 0 aliphatic rings. The first kappa shape index (κ1) is 26.1. The molecule has 0 bridgehead atoms. The van der Waals surface area contributed by atoms with E-state index in [-0.39, 0.29) is 10.6 Å². The summed E-state index contributed by atoms with van der Waals surface area (Å²) in [5.41, 5.74) is 3.21. The van der Waals surface area contributed by atoms with Gasteiger partial charge in [0, 0.05) is 33.7 Å². The molecule has 7 nitrogen and oxygen atoms in total. The summed E-state index contributed by atoms with van der Waals surface area (Å²) in [6, 6.07) is 20.6. The maximum absolute atomic E-state index is 11.6. The smallest absolute Gasteiger partial charge is 0.271 e. The van der Waals surface area contributed by atoms with Crippen molar-refractivity contribution in [2.75, 3.05) is 0 Å². The highest BCUT2D eigenvalue weighted by Gasteiger charge is 2.43. The minimum Gasteiger partial charge on any atom is -0.454 e. The van der Waals surface area contributed by atoms with Crippen molar-refractivity contribution in [3.8, 4) is 5.75 Å². The lowest BCUT2D eigenvalue weighted by molar-refractivity contribution is -0.384. The predicted octanol–water partition coefficient (Wildman–Crippen LogP) is 8.38. The Hall–Kier alpha value is -2.96. The first-order valence-electron chi connectivity index (χ1n) is 11.8. The van der Waals surface area contributed by atoms with Crippen LogP contribution in [0.1, 0.15) is 39.7 Å². The Balaban J connectivity index is 2.15. The highest BCUT2D eigenvalue weighted by molar-refractivity contribution is 9.10. The van der Waals surface area contributed by atoms with Crippen molar-refractivity contribution < 1.29 is 9.45 Å². The molecule has 3 aromatic carbocycles. The lowest BCUT2D eigenvalue weighted by Gasteiger charge is -2.37. The van der Waals surface area contributed by atoms with Gasteiger partial charge in [-0.2, -0.15) is 5.10 Å². The highest BCUT2D eigenvalue weighted by atomic mass is 79.9. The molecule has 0 aliphatic carbocycles. The van der Waals surface area contributed by atoms with Crippen LogP contribution >= 0.6 is 23.2 Å². The molecule has 0 saturated heterocycles. The fourth-order valence-electron chi connectivity index (χ4n) is 4.09. The van der Waals surface area contributed by atoms with Crippen molar-refractivity contribution >= 4 is 50.9 Å². The Morgan fingerprint density at radius 1 is 1.11 bits per heavy atom. The van der Waals surface area contributed by atoms with E-state index in [0.717, 1.165) is 32.8 Å². The lowest BCUT2D eigenvalue weighted by Crippen LogP contribution is -2.32. The Kier molecular flexibility index (Phi) is 7.39. The summed E-state index contributed by atoms with van der Waals surface area (Å²) in [6.07, 6.45) is 0.888. The van der Waals surface area contributed by atoms with Gasteiger partial charge in [0.05, 0.1) is 16.1 Å². The second-order valence-electron chi connectivity index (χ2n) is 9.68. The van der Waals surface area contributed by atoms with Crippen molar-refractivity contribution in [1.29, 1.82) is 0 Å². The molecule has 0 saturated carbocycles. The number of benzene rings is 3. The average molecular weight is 569 g/mol. The molecule has 1 aromatic heterocycles. The topological polar surface area (TPSA) is 82.5 Å². The maximum atomic E-state index is 11.6. The van der Waals surface area contributed by atoms with Gasteiger partial charge in [-0.3, -0.25) is 14.8 Å². The van der Waals surface area contributed by atoms with Crippen LogP contribution in [0, 0.1) is 17.0 Å². The Morgan fingerprint density at radius 3 is 2.44 bits per heavy atom. The van der Waals surface area contributed by atoms with Gasteiger partial charge in [0.15, 0.2) is 7.28 Å². The molecule has 36 heavy (non-hydrogen) atoms. The molecule has 4 aromatic rings. The number of hydrogen-bond acceptors (Lipinski definition) is 5. The van der Waals surface area contributed by atoms with Crippen molar-refractivity contribution in [2.45, 2.75) is 52.7 Å². The number of nitro groups is 1. The molecule has 0 amide bonds. The number of hydrogen-bond donors (Lipinski definition) is 0. The van der Waals surface area contributed by atoms with E-state index >= 15 is 0 Å². The molecule has 4 rings (SSSR count). The van der Waals surface area contributed by atoms with Crippen LogP contribution in [-0.4, -0.2) is 19.9 Å². The number of aryl methyl sites for hydroxylation is 2. The van der Waals surface area contributed by atoms with Gasteiger partial charge in [-0.05, 0) is 49.2 Å². The Bertz CT molecular complexity index is 1470. The van der Waals surface area contributed by atoms with Crippen LogP contribution in [0.25, 0.3) is 10.9 Å². The standard InChI is InChI=1S/C27H30BrN4O3P/c1-6-17-31-26(23-9-7-8-10-24(23)29-31)36(27(3,4)5,35-22-15-12-20(28)13-16-22)30-25-18-21(32(33)34)14-11-19(25)2/h7-16,18H,6,17H2,1-5H3/t36-/m1/s1. The molecule has 1 heterocycles. The molecule has 0 spiro atoms. The van der Waals surface area contributed by atoms with Crippen molar-refractivity contribution in [3.63, 3.8) is 0 Å². The first-order chi connectivity index (χ1) is 17.1. The quantitative estimate of drug-likeness (QED) is 0.127. The summed E-state index contributed by atoms with van der Waals surface area (Å²) in [7, 11) is -2.95. The van der Waals surface area contributed by atoms with Crippen molar-refractivity contribution in [3.05, 3.63) is 86.9 Å². The van der Waals surface area contributed by atoms with Crippen LogP contribution in [-0.2, 0) is 6.54 Å². The number of halogens is 1. The highest BCUT2D eigenvalue weighted by Crippen LogP contribution is 2.63. The van der Waals surface area contributed by atoms with E-state index in [1.54, 1.807) is 12.1 Å². The second kappa shape index (κ2) is 10.2. The largest absolute Gasteiger partial charge is 0.454 e. The number of rotatable bonds is 7. The minimum atomic E-state index is -2.95. The summed E-state index contributed by atoms with van der Waals surface area (Å²) >= 11 is 3.50. The van der Waals surface area contributed by atoms with Gasteiger partial charge < -0.3 is 4.52 Å². The third kappa shape index (κ3) is 4.97. The second-order valence-corrected chi connectivity index (χ2v) is 13.9. The molecular formula is C27H30BrN4O3P. The Labute approximate surface area is 219 Å². The fraction of sp³-hybridized carbons (Fsp3) is 0.296. The zero-order valence-electron chi connectivity index (χ0n) is 21.1. The summed E-state index contributed by atoms with van der Waals surface area (Å²) < 4.78 is 15.4. The van der Waals surface area contributed by atoms with Gasteiger partial charge in [-0.15, -0.1) is 0 Å². The number of nitro benzene ring substituents is 1. The molecule has 0 N–H and O–H groups in total. The summed E-state index contributed by atoms with van der Waals surface area (Å²) in [6.45, 7) is 11.1. The average Bonchev–Trinajstić information content (AvgIpc) is 3.19. The maximum Gasteiger partial charge on any atom is 0.271 e. The molecule has 0 fully saturated rings. The number of nitrogens with zero attached hydrogens (tertiary/aromatic N) is 4. The van der Waals surface area contributed by atoms with Gasteiger partial charge in [-0.1, -0.05) is 67.9 Å². The van der Waals surface area contributed by atoms with E-state index < -0.39 is 12.4 Å². The van der Waals surface area contributed by atoms with E-state index in [1.807, 2.05) is 54.1 Å². The zero-order valence-corrected chi connectivity index (χ0v) is 23.6.